The minimum atomic E-state index is 0.301. The topological polar surface area (TPSA) is 67.4 Å². The van der Waals surface area contributed by atoms with Gasteiger partial charge in [-0.15, -0.1) is 0 Å². The molecule has 8 heteroatoms. The smallest absolute Gasteiger partial charge is 0.203 e. The molecule has 0 radical (unpaired) electrons. The van der Waals surface area contributed by atoms with Crippen LogP contribution in [0.3, 0.4) is 0 Å². The van der Waals surface area contributed by atoms with Crippen molar-refractivity contribution in [2.24, 2.45) is 4.99 Å². The van der Waals surface area contributed by atoms with Crippen molar-refractivity contribution in [3.63, 3.8) is 0 Å². The Bertz CT molecular complexity index is 865. The number of hydrogen-bond acceptors (Lipinski definition) is 5. The SMILES string of the molecule is CN=C(NCc1cc(OC)c(OC)c(OC)c1)NC1CCN(c2cccc(Cl)c2)C1. The number of guanidine groups is 1. The molecular weight excluding hydrogens is 404 g/mol. The Morgan fingerprint density at radius 2 is 1.87 bits per heavy atom. The molecule has 0 saturated carbocycles. The molecule has 0 aromatic heterocycles. The lowest BCUT2D eigenvalue weighted by molar-refractivity contribution is 0.323. The summed E-state index contributed by atoms with van der Waals surface area (Å²) in [6.07, 6.45) is 1.03. The summed E-state index contributed by atoms with van der Waals surface area (Å²) in [5.41, 5.74) is 2.14. The molecule has 1 aliphatic heterocycles. The Morgan fingerprint density at radius 1 is 1.13 bits per heavy atom. The van der Waals surface area contributed by atoms with E-state index in [1.165, 1.54) is 0 Å². The fourth-order valence-corrected chi connectivity index (χ4v) is 3.78. The third-order valence-corrected chi connectivity index (χ3v) is 5.35. The predicted molar refractivity (Wildman–Crippen MR) is 122 cm³/mol. The quantitative estimate of drug-likeness (QED) is 0.517. The summed E-state index contributed by atoms with van der Waals surface area (Å²) in [7, 11) is 6.59. The maximum atomic E-state index is 6.13. The van der Waals surface area contributed by atoms with Gasteiger partial charge in [-0.2, -0.15) is 0 Å². The molecular formula is C22H29ClN4O3. The molecule has 0 spiro atoms. The molecule has 1 heterocycles. The van der Waals surface area contributed by atoms with E-state index >= 15 is 0 Å². The molecule has 2 aromatic rings. The summed E-state index contributed by atoms with van der Waals surface area (Å²) >= 11 is 6.13. The van der Waals surface area contributed by atoms with Crippen LogP contribution in [-0.4, -0.2) is 53.5 Å². The Morgan fingerprint density at radius 3 is 2.47 bits per heavy atom. The number of hydrogen-bond donors (Lipinski definition) is 2. The van der Waals surface area contributed by atoms with Gasteiger partial charge in [0.1, 0.15) is 0 Å². The number of nitrogens with one attached hydrogen (secondary N) is 2. The maximum absolute atomic E-state index is 6.13. The second kappa shape index (κ2) is 10.3. The van der Waals surface area contributed by atoms with Gasteiger partial charge in [0, 0.05) is 43.4 Å². The van der Waals surface area contributed by atoms with Crippen LogP contribution in [0.25, 0.3) is 0 Å². The van der Waals surface area contributed by atoms with Crippen LogP contribution in [0.5, 0.6) is 17.2 Å². The van der Waals surface area contributed by atoms with Gasteiger partial charge < -0.3 is 29.7 Å². The van der Waals surface area contributed by atoms with Gasteiger partial charge >= 0.3 is 0 Å². The predicted octanol–water partition coefficient (Wildman–Crippen LogP) is 3.31. The average molecular weight is 433 g/mol. The maximum Gasteiger partial charge on any atom is 0.203 e. The molecule has 1 atom stereocenters. The van der Waals surface area contributed by atoms with Crippen LogP contribution in [0, 0.1) is 0 Å². The highest BCUT2D eigenvalue weighted by molar-refractivity contribution is 6.30. The molecule has 1 unspecified atom stereocenters. The standard InChI is InChI=1S/C22H29ClN4O3/c1-24-22(25-13-15-10-19(28-2)21(30-4)20(11-15)29-3)26-17-8-9-27(14-17)18-7-5-6-16(23)12-18/h5-7,10-12,17H,8-9,13-14H2,1-4H3,(H2,24,25,26). The van der Waals surface area contributed by atoms with E-state index in [9.17, 15) is 0 Å². The van der Waals surface area contributed by atoms with Crippen molar-refractivity contribution in [2.75, 3.05) is 46.4 Å². The molecule has 1 aliphatic rings. The highest BCUT2D eigenvalue weighted by Gasteiger charge is 2.23. The minimum Gasteiger partial charge on any atom is -0.493 e. The summed E-state index contributed by atoms with van der Waals surface area (Å²) in [6, 6.07) is 12.1. The first-order valence-corrected chi connectivity index (χ1v) is 10.2. The lowest BCUT2D eigenvalue weighted by Crippen LogP contribution is -2.44. The van der Waals surface area contributed by atoms with Crippen molar-refractivity contribution in [1.82, 2.24) is 10.6 Å². The van der Waals surface area contributed by atoms with Crippen LogP contribution < -0.4 is 29.7 Å². The van der Waals surface area contributed by atoms with Gasteiger partial charge in [0.25, 0.3) is 0 Å². The Hall–Kier alpha value is -2.80. The average Bonchev–Trinajstić information content (AvgIpc) is 3.24. The first-order chi connectivity index (χ1) is 14.6. The molecule has 0 amide bonds. The summed E-state index contributed by atoms with van der Waals surface area (Å²) in [5, 5.41) is 7.63. The Kier molecular flexibility index (Phi) is 7.52. The van der Waals surface area contributed by atoms with Gasteiger partial charge in [-0.3, -0.25) is 4.99 Å². The monoisotopic (exact) mass is 432 g/mol. The number of rotatable bonds is 7. The van der Waals surface area contributed by atoms with E-state index in [2.05, 4.69) is 26.6 Å². The van der Waals surface area contributed by atoms with Gasteiger partial charge in [-0.05, 0) is 42.3 Å². The Labute approximate surface area is 183 Å². The van der Waals surface area contributed by atoms with E-state index in [1.807, 2.05) is 30.3 Å². The number of anilines is 1. The second-order valence-corrected chi connectivity index (χ2v) is 7.45. The fraction of sp³-hybridized carbons (Fsp3) is 0.409. The molecule has 30 heavy (non-hydrogen) atoms. The molecule has 0 bridgehead atoms. The van der Waals surface area contributed by atoms with Crippen molar-refractivity contribution in [3.05, 3.63) is 47.0 Å². The van der Waals surface area contributed by atoms with Crippen LogP contribution in [-0.2, 0) is 6.54 Å². The largest absolute Gasteiger partial charge is 0.493 e. The first kappa shape index (κ1) is 21.9. The number of methoxy groups -OCH3 is 3. The van der Waals surface area contributed by atoms with E-state index in [0.717, 1.165) is 41.7 Å². The number of ether oxygens (including phenoxy) is 3. The molecule has 1 fully saturated rings. The van der Waals surface area contributed by atoms with Crippen LogP contribution in [0.2, 0.25) is 5.02 Å². The van der Waals surface area contributed by atoms with Gasteiger partial charge in [-0.25, -0.2) is 0 Å². The van der Waals surface area contributed by atoms with Gasteiger partial charge in [-0.1, -0.05) is 17.7 Å². The molecule has 1 saturated heterocycles. The van der Waals surface area contributed by atoms with Crippen molar-refractivity contribution in [3.8, 4) is 17.2 Å². The number of aliphatic imine (C=N–C) groups is 1. The van der Waals surface area contributed by atoms with Gasteiger partial charge in [0.2, 0.25) is 5.75 Å². The van der Waals surface area contributed by atoms with E-state index in [1.54, 1.807) is 28.4 Å². The number of halogens is 1. The third-order valence-electron chi connectivity index (χ3n) is 5.11. The van der Waals surface area contributed by atoms with E-state index in [4.69, 9.17) is 25.8 Å². The first-order valence-electron chi connectivity index (χ1n) is 9.84. The van der Waals surface area contributed by atoms with Gasteiger partial charge in [0.05, 0.1) is 21.3 Å². The zero-order chi connectivity index (χ0) is 21.5. The van der Waals surface area contributed by atoms with Crippen LogP contribution in [0.15, 0.2) is 41.4 Å². The molecule has 162 valence electrons. The van der Waals surface area contributed by atoms with Crippen molar-refractivity contribution < 1.29 is 14.2 Å². The number of benzene rings is 2. The van der Waals surface area contributed by atoms with E-state index < -0.39 is 0 Å². The third kappa shape index (κ3) is 5.21. The zero-order valence-electron chi connectivity index (χ0n) is 17.9. The van der Waals surface area contributed by atoms with Crippen molar-refractivity contribution in [1.29, 1.82) is 0 Å². The van der Waals surface area contributed by atoms with Crippen LogP contribution in [0.1, 0.15) is 12.0 Å². The fourth-order valence-electron chi connectivity index (χ4n) is 3.60. The normalized spacial score (nSPS) is 16.4. The van der Waals surface area contributed by atoms with Crippen LogP contribution in [0.4, 0.5) is 5.69 Å². The lowest BCUT2D eigenvalue weighted by Gasteiger charge is -2.21. The van der Waals surface area contributed by atoms with Crippen LogP contribution >= 0.6 is 11.6 Å². The summed E-state index contributed by atoms with van der Waals surface area (Å²) in [5.74, 6) is 2.59. The molecule has 0 aliphatic carbocycles. The minimum absolute atomic E-state index is 0.301. The zero-order valence-corrected chi connectivity index (χ0v) is 18.6. The van der Waals surface area contributed by atoms with E-state index in [-0.39, 0.29) is 0 Å². The summed E-state index contributed by atoms with van der Waals surface area (Å²) in [4.78, 5) is 6.69. The highest BCUT2D eigenvalue weighted by Crippen LogP contribution is 2.38. The molecule has 7 nitrogen and oxygen atoms in total. The van der Waals surface area contributed by atoms with Crippen molar-refractivity contribution >= 4 is 23.2 Å². The summed E-state index contributed by atoms with van der Waals surface area (Å²) < 4.78 is 16.2. The number of nitrogens with zero attached hydrogens (tertiary/aromatic N) is 2. The van der Waals surface area contributed by atoms with Crippen molar-refractivity contribution in [2.45, 2.75) is 19.0 Å². The van der Waals surface area contributed by atoms with E-state index in [0.29, 0.717) is 29.8 Å². The van der Waals surface area contributed by atoms with Gasteiger partial charge in [0.15, 0.2) is 17.5 Å². The molecule has 2 N–H and O–H groups in total. The Balaban J connectivity index is 1.59. The lowest BCUT2D eigenvalue weighted by atomic mass is 10.2. The second-order valence-electron chi connectivity index (χ2n) is 7.02. The highest BCUT2D eigenvalue weighted by atomic mass is 35.5. The summed E-state index contributed by atoms with van der Waals surface area (Å²) in [6.45, 7) is 2.44. The molecule has 3 rings (SSSR count). The molecule has 2 aromatic carbocycles.